The molecule has 0 spiro atoms. The molecule has 1 atom stereocenters. The van der Waals surface area contributed by atoms with E-state index in [0.29, 0.717) is 40.7 Å². The second-order valence-corrected chi connectivity index (χ2v) is 12.0. The lowest BCUT2D eigenvalue weighted by molar-refractivity contribution is -0.136. The van der Waals surface area contributed by atoms with Gasteiger partial charge in [0.1, 0.15) is 24.2 Å². The summed E-state index contributed by atoms with van der Waals surface area (Å²) in [6, 6.07) is 14.1. The van der Waals surface area contributed by atoms with Crippen molar-refractivity contribution in [2.75, 3.05) is 18.0 Å². The molecule has 12 heteroatoms. The molecule has 1 aromatic heterocycles. The summed E-state index contributed by atoms with van der Waals surface area (Å²) in [6.07, 6.45) is 1.97. The van der Waals surface area contributed by atoms with Gasteiger partial charge in [0.2, 0.25) is 17.8 Å². The summed E-state index contributed by atoms with van der Waals surface area (Å²) in [4.78, 5) is 44.5. The van der Waals surface area contributed by atoms with Gasteiger partial charge in [-0.1, -0.05) is 6.07 Å². The number of nitrogens with one attached hydrogen (secondary N) is 1. The summed E-state index contributed by atoms with van der Waals surface area (Å²) < 4.78 is 35.4. The standard InChI is InChI=1S/C31H27F2N5O4S/c32-23-14-18(15-34)4-6-24(23)37-12-10-20(11-13-37)43-28-9-5-19(29(33)36-28)17-42-26-3-1-2-21-22(26)16-38(31(21)41)25-7-8-27(39)35-30(25)40/h1-6,9,14,20,25H,7-8,10-13,16-17H2,(H,35,39,40)/t25-/m0/s1. The van der Waals surface area contributed by atoms with Crippen LogP contribution in [0.1, 0.15) is 52.7 Å². The van der Waals surface area contributed by atoms with Gasteiger partial charge in [0.15, 0.2) is 0 Å². The SMILES string of the molecule is N#Cc1ccc(N2CCC(Sc3ccc(COc4cccc5c4CN([C@H]4CCC(=O)NC4=O)C5=O)c(F)n3)CC2)c(F)c1. The topological polar surface area (TPSA) is 116 Å². The molecule has 3 amide bonds. The van der Waals surface area contributed by atoms with E-state index in [9.17, 15) is 18.8 Å². The normalized spacial score (nSPS) is 18.8. The van der Waals surface area contributed by atoms with Gasteiger partial charge in [-0.2, -0.15) is 9.65 Å². The lowest BCUT2D eigenvalue weighted by Crippen LogP contribution is -2.52. The summed E-state index contributed by atoms with van der Waals surface area (Å²) in [5.74, 6) is -1.78. The average Bonchev–Trinajstić information content (AvgIpc) is 3.33. The Morgan fingerprint density at radius 3 is 2.60 bits per heavy atom. The Bertz CT molecular complexity index is 1650. The predicted octanol–water partition coefficient (Wildman–Crippen LogP) is 4.33. The molecule has 220 valence electrons. The summed E-state index contributed by atoms with van der Waals surface area (Å²) in [7, 11) is 0. The number of nitriles is 1. The van der Waals surface area contributed by atoms with Crippen molar-refractivity contribution in [1.82, 2.24) is 15.2 Å². The number of imide groups is 1. The predicted molar refractivity (Wildman–Crippen MR) is 153 cm³/mol. The third-order valence-electron chi connectivity index (χ3n) is 7.97. The highest BCUT2D eigenvalue weighted by Crippen LogP contribution is 2.35. The monoisotopic (exact) mass is 603 g/mol. The number of pyridine rings is 1. The molecular weight excluding hydrogens is 576 g/mol. The number of carbonyl (C=O) groups excluding carboxylic acids is 3. The Balaban J connectivity index is 1.05. The average molecular weight is 604 g/mol. The quantitative estimate of drug-likeness (QED) is 0.314. The first kappa shape index (κ1) is 28.6. The molecule has 6 rings (SSSR count). The maximum Gasteiger partial charge on any atom is 0.255 e. The molecule has 0 unspecified atom stereocenters. The summed E-state index contributed by atoms with van der Waals surface area (Å²) in [6.45, 7) is 1.34. The van der Waals surface area contributed by atoms with Crippen molar-refractivity contribution in [3.05, 3.63) is 82.5 Å². The van der Waals surface area contributed by atoms with E-state index < -0.39 is 23.7 Å². The van der Waals surface area contributed by atoms with Gasteiger partial charge in [-0.05, 0) is 61.7 Å². The van der Waals surface area contributed by atoms with E-state index >= 15 is 4.39 Å². The molecule has 43 heavy (non-hydrogen) atoms. The molecule has 0 radical (unpaired) electrons. The lowest BCUT2D eigenvalue weighted by Gasteiger charge is -2.33. The Morgan fingerprint density at radius 2 is 1.88 bits per heavy atom. The van der Waals surface area contributed by atoms with Crippen LogP contribution in [0.3, 0.4) is 0 Å². The van der Waals surface area contributed by atoms with Crippen LogP contribution in [0.15, 0.2) is 53.6 Å². The minimum Gasteiger partial charge on any atom is -0.488 e. The molecule has 1 N–H and O–H groups in total. The number of nitrogens with zero attached hydrogens (tertiary/aromatic N) is 4. The first-order chi connectivity index (χ1) is 20.8. The second-order valence-electron chi connectivity index (χ2n) is 10.7. The van der Waals surface area contributed by atoms with Crippen LogP contribution in [-0.2, 0) is 22.7 Å². The number of ether oxygens (including phenoxy) is 1. The Hall–Kier alpha value is -4.50. The highest BCUT2D eigenvalue weighted by molar-refractivity contribution is 7.99. The molecule has 3 aliphatic heterocycles. The number of hydrogen-bond donors (Lipinski definition) is 1. The Morgan fingerprint density at radius 1 is 1.07 bits per heavy atom. The van der Waals surface area contributed by atoms with Crippen LogP contribution in [0.2, 0.25) is 0 Å². The molecule has 2 saturated heterocycles. The molecule has 3 aromatic rings. The number of benzene rings is 2. The highest BCUT2D eigenvalue weighted by atomic mass is 32.2. The van der Waals surface area contributed by atoms with Crippen LogP contribution in [0, 0.1) is 23.1 Å². The number of hydrogen-bond acceptors (Lipinski definition) is 8. The van der Waals surface area contributed by atoms with Crippen molar-refractivity contribution < 1.29 is 27.9 Å². The van der Waals surface area contributed by atoms with Crippen molar-refractivity contribution in [2.24, 2.45) is 0 Å². The van der Waals surface area contributed by atoms with Crippen LogP contribution in [0.25, 0.3) is 0 Å². The molecule has 0 aliphatic carbocycles. The highest BCUT2D eigenvalue weighted by Gasteiger charge is 2.40. The number of aromatic nitrogens is 1. The third-order valence-corrected chi connectivity index (χ3v) is 9.24. The van der Waals surface area contributed by atoms with Crippen LogP contribution in [0.4, 0.5) is 14.5 Å². The van der Waals surface area contributed by atoms with E-state index in [2.05, 4.69) is 10.3 Å². The van der Waals surface area contributed by atoms with Gasteiger partial charge >= 0.3 is 0 Å². The van der Waals surface area contributed by atoms with Gasteiger partial charge in [-0.3, -0.25) is 19.7 Å². The number of amides is 3. The number of rotatable bonds is 7. The van der Waals surface area contributed by atoms with Gasteiger partial charge in [0.05, 0.1) is 28.9 Å². The van der Waals surface area contributed by atoms with Crippen molar-refractivity contribution >= 4 is 35.2 Å². The Labute approximate surface area is 250 Å². The maximum absolute atomic E-state index is 15.0. The van der Waals surface area contributed by atoms with Gasteiger partial charge < -0.3 is 14.5 Å². The molecule has 4 heterocycles. The smallest absolute Gasteiger partial charge is 0.255 e. The molecule has 3 aliphatic rings. The minimum absolute atomic E-state index is 0.0958. The largest absolute Gasteiger partial charge is 0.488 e. The van der Waals surface area contributed by atoms with Gasteiger partial charge in [0.25, 0.3) is 5.91 Å². The third kappa shape index (κ3) is 5.90. The molecule has 0 bridgehead atoms. The molecular formula is C31H27F2N5O4S. The summed E-state index contributed by atoms with van der Waals surface area (Å²) >= 11 is 1.49. The van der Waals surface area contributed by atoms with Crippen molar-refractivity contribution in [3.8, 4) is 11.8 Å². The summed E-state index contributed by atoms with van der Waals surface area (Å²) in [5, 5.41) is 12.0. The fourth-order valence-corrected chi connectivity index (χ4v) is 6.75. The molecule has 0 saturated carbocycles. The van der Waals surface area contributed by atoms with Crippen LogP contribution < -0.4 is 15.0 Å². The van der Waals surface area contributed by atoms with Gasteiger partial charge in [0, 0.05) is 41.5 Å². The zero-order valence-corrected chi connectivity index (χ0v) is 23.8. The minimum atomic E-state index is -0.735. The zero-order chi connectivity index (χ0) is 30.1. The number of halogens is 2. The fraction of sp³-hybridized carbons (Fsp3) is 0.323. The van der Waals surface area contributed by atoms with Crippen molar-refractivity contribution in [1.29, 1.82) is 5.26 Å². The van der Waals surface area contributed by atoms with E-state index in [-0.39, 0.29) is 54.2 Å². The lowest BCUT2D eigenvalue weighted by atomic mass is 10.0. The number of anilines is 1. The van der Waals surface area contributed by atoms with E-state index in [1.807, 2.05) is 11.0 Å². The Kier molecular flexibility index (Phi) is 7.99. The van der Waals surface area contributed by atoms with Gasteiger partial charge in [-0.25, -0.2) is 9.37 Å². The van der Waals surface area contributed by atoms with Crippen LogP contribution in [-0.4, -0.2) is 52.0 Å². The van der Waals surface area contributed by atoms with E-state index in [1.54, 1.807) is 42.5 Å². The number of thioether (sulfide) groups is 1. The first-order valence-corrected chi connectivity index (χ1v) is 14.8. The van der Waals surface area contributed by atoms with Crippen LogP contribution in [0.5, 0.6) is 5.75 Å². The summed E-state index contributed by atoms with van der Waals surface area (Å²) in [5.41, 5.74) is 2.06. The second kappa shape index (κ2) is 12.0. The van der Waals surface area contributed by atoms with E-state index in [0.717, 1.165) is 12.8 Å². The first-order valence-electron chi connectivity index (χ1n) is 14.0. The van der Waals surface area contributed by atoms with Crippen molar-refractivity contribution in [2.45, 2.75) is 55.2 Å². The zero-order valence-electron chi connectivity index (χ0n) is 23.0. The number of fused-ring (bicyclic) bond motifs is 1. The van der Waals surface area contributed by atoms with E-state index in [4.69, 9.17) is 10.00 Å². The van der Waals surface area contributed by atoms with Crippen LogP contribution >= 0.6 is 11.8 Å². The maximum atomic E-state index is 15.0. The van der Waals surface area contributed by atoms with E-state index in [1.165, 1.54) is 22.7 Å². The molecule has 2 aromatic carbocycles. The fourth-order valence-electron chi connectivity index (χ4n) is 5.69. The molecule has 9 nitrogen and oxygen atoms in total. The molecule has 2 fully saturated rings. The van der Waals surface area contributed by atoms with Gasteiger partial charge in [-0.15, -0.1) is 11.8 Å². The van der Waals surface area contributed by atoms with Crippen molar-refractivity contribution in [3.63, 3.8) is 0 Å². The number of carbonyl (C=O) groups is 3. The number of piperidine rings is 2.